The molecule has 2 bridgehead atoms. The normalized spacial score (nSPS) is 27.8. The first kappa shape index (κ1) is 10.3. The SMILES string of the molecule is O=C1C2CC(CN1Cc1ccccc1Br)N2. The van der Waals surface area contributed by atoms with Crippen LogP contribution in [0.4, 0.5) is 0 Å². The van der Waals surface area contributed by atoms with Crippen molar-refractivity contribution < 1.29 is 4.79 Å². The number of nitrogens with one attached hydrogen (secondary N) is 1. The zero-order valence-corrected chi connectivity index (χ0v) is 10.4. The minimum Gasteiger partial charge on any atom is -0.335 e. The van der Waals surface area contributed by atoms with Gasteiger partial charge in [0.2, 0.25) is 5.91 Å². The van der Waals surface area contributed by atoms with Gasteiger partial charge in [-0.05, 0) is 18.1 Å². The quantitative estimate of drug-likeness (QED) is 0.891. The summed E-state index contributed by atoms with van der Waals surface area (Å²) in [4.78, 5) is 13.9. The first-order valence-electron chi connectivity index (χ1n) is 5.52. The Balaban J connectivity index is 1.75. The molecule has 3 heterocycles. The summed E-state index contributed by atoms with van der Waals surface area (Å²) >= 11 is 3.52. The number of piperidine rings is 1. The highest BCUT2D eigenvalue weighted by molar-refractivity contribution is 9.10. The van der Waals surface area contributed by atoms with Crippen LogP contribution in [0.1, 0.15) is 12.0 Å². The van der Waals surface area contributed by atoms with E-state index >= 15 is 0 Å². The molecule has 3 fully saturated rings. The monoisotopic (exact) mass is 280 g/mol. The minimum absolute atomic E-state index is 0.0845. The standard InChI is InChI=1S/C12H13BrN2O/c13-10-4-2-1-3-8(10)6-15-7-9-5-11(14-9)12(15)16/h1-4,9,11,14H,5-7H2. The van der Waals surface area contributed by atoms with Crippen molar-refractivity contribution in [2.45, 2.75) is 25.0 Å². The fraction of sp³-hybridized carbons (Fsp3) is 0.417. The third-order valence-corrected chi connectivity index (χ3v) is 4.10. The highest BCUT2D eigenvalue weighted by Gasteiger charge is 2.42. The molecule has 3 nitrogen and oxygen atoms in total. The van der Waals surface area contributed by atoms with Crippen LogP contribution in [-0.2, 0) is 11.3 Å². The molecule has 0 aliphatic carbocycles. The molecule has 2 atom stereocenters. The highest BCUT2D eigenvalue weighted by atomic mass is 79.9. The molecule has 1 N–H and O–H groups in total. The van der Waals surface area contributed by atoms with E-state index in [1.807, 2.05) is 23.1 Å². The first-order valence-corrected chi connectivity index (χ1v) is 6.31. The molecule has 84 valence electrons. The number of carbonyl (C=O) groups excluding carboxylic acids is 1. The number of amides is 1. The van der Waals surface area contributed by atoms with Crippen molar-refractivity contribution >= 4 is 21.8 Å². The fourth-order valence-electron chi connectivity index (χ4n) is 2.40. The van der Waals surface area contributed by atoms with Crippen molar-refractivity contribution in [3.63, 3.8) is 0 Å². The molecule has 16 heavy (non-hydrogen) atoms. The lowest BCUT2D eigenvalue weighted by molar-refractivity contribution is -0.143. The molecule has 0 saturated carbocycles. The number of nitrogens with zero attached hydrogens (tertiary/aromatic N) is 1. The molecular weight excluding hydrogens is 268 g/mol. The summed E-state index contributed by atoms with van der Waals surface area (Å²) in [6, 6.07) is 8.68. The van der Waals surface area contributed by atoms with Crippen LogP contribution in [0.2, 0.25) is 0 Å². The Labute approximate surface area is 103 Å². The number of carbonyl (C=O) groups is 1. The fourth-order valence-corrected chi connectivity index (χ4v) is 2.81. The maximum atomic E-state index is 11.9. The molecule has 1 aromatic carbocycles. The van der Waals surface area contributed by atoms with Crippen LogP contribution in [0.5, 0.6) is 0 Å². The van der Waals surface area contributed by atoms with Gasteiger partial charge in [0.15, 0.2) is 0 Å². The Hall–Kier alpha value is -0.870. The van der Waals surface area contributed by atoms with E-state index in [4.69, 9.17) is 0 Å². The van der Waals surface area contributed by atoms with E-state index in [1.54, 1.807) is 0 Å². The lowest BCUT2D eigenvalue weighted by Gasteiger charge is -2.47. The van der Waals surface area contributed by atoms with Gasteiger partial charge in [-0.1, -0.05) is 34.1 Å². The van der Waals surface area contributed by atoms with Crippen molar-refractivity contribution in [3.8, 4) is 0 Å². The number of benzene rings is 1. The molecule has 0 spiro atoms. The first-order chi connectivity index (χ1) is 7.74. The van der Waals surface area contributed by atoms with Crippen LogP contribution in [0.3, 0.4) is 0 Å². The predicted molar refractivity (Wildman–Crippen MR) is 64.9 cm³/mol. The smallest absolute Gasteiger partial charge is 0.240 e. The minimum atomic E-state index is 0.0845. The molecule has 1 aromatic rings. The molecule has 0 radical (unpaired) electrons. The average molecular weight is 281 g/mol. The molecule has 4 rings (SSSR count). The van der Waals surface area contributed by atoms with Gasteiger partial charge in [0.05, 0.1) is 6.04 Å². The number of hydrogen-bond donors (Lipinski definition) is 1. The molecule has 3 aliphatic heterocycles. The van der Waals surface area contributed by atoms with Crippen LogP contribution in [0.25, 0.3) is 0 Å². The van der Waals surface area contributed by atoms with E-state index in [0.29, 0.717) is 6.04 Å². The van der Waals surface area contributed by atoms with Crippen LogP contribution < -0.4 is 5.32 Å². The summed E-state index contributed by atoms with van der Waals surface area (Å²) in [6.07, 6.45) is 1.02. The second-order valence-electron chi connectivity index (χ2n) is 4.46. The van der Waals surface area contributed by atoms with Gasteiger partial charge in [-0.2, -0.15) is 0 Å². The van der Waals surface area contributed by atoms with Crippen molar-refractivity contribution in [1.82, 2.24) is 10.2 Å². The van der Waals surface area contributed by atoms with Crippen molar-refractivity contribution in [1.29, 1.82) is 0 Å². The third-order valence-electron chi connectivity index (χ3n) is 3.33. The average Bonchev–Trinajstić information content (AvgIpc) is 2.22. The molecule has 1 amide bonds. The van der Waals surface area contributed by atoms with E-state index < -0.39 is 0 Å². The molecule has 0 aromatic heterocycles. The zero-order valence-electron chi connectivity index (χ0n) is 8.82. The number of piperazine rings is 1. The Morgan fingerprint density at radius 2 is 2.19 bits per heavy atom. The van der Waals surface area contributed by atoms with Gasteiger partial charge in [-0.3, -0.25) is 4.79 Å². The number of fused-ring (bicyclic) bond motifs is 2. The summed E-state index contributed by atoms with van der Waals surface area (Å²) in [5.74, 6) is 0.248. The summed E-state index contributed by atoms with van der Waals surface area (Å²) in [5, 5.41) is 3.26. The molecular formula is C12H13BrN2O. The van der Waals surface area contributed by atoms with Crippen molar-refractivity contribution in [2.75, 3.05) is 6.54 Å². The van der Waals surface area contributed by atoms with Crippen molar-refractivity contribution in [3.05, 3.63) is 34.3 Å². The van der Waals surface area contributed by atoms with Gasteiger partial charge in [-0.25, -0.2) is 0 Å². The lowest BCUT2D eigenvalue weighted by Crippen LogP contribution is -2.69. The van der Waals surface area contributed by atoms with E-state index in [2.05, 4.69) is 27.3 Å². The molecule has 3 saturated heterocycles. The Morgan fingerprint density at radius 3 is 2.88 bits per heavy atom. The summed E-state index contributed by atoms with van der Waals surface area (Å²) in [6.45, 7) is 1.56. The summed E-state index contributed by atoms with van der Waals surface area (Å²) in [7, 11) is 0. The second kappa shape index (κ2) is 3.86. The van der Waals surface area contributed by atoms with E-state index in [-0.39, 0.29) is 11.9 Å². The number of hydrogen-bond acceptors (Lipinski definition) is 2. The van der Waals surface area contributed by atoms with Crippen LogP contribution in [0, 0.1) is 0 Å². The maximum absolute atomic E-state index is 11.9. The van der Waals surface area contributed by atoms with Crippen molar-refractivity contribution in [2.24, 2.45) is 0 Å². The number of rotatable bonds is 2. The van der Waals surface area contributed by atoms with Gasteiger partial charge in [0.25, 0.3) is 0 Å². The van der Waals surface area contributed by atoms with Gasteiger partial charge in [0, 0.05) is 23.6 Å². The summed E-state index contributed by atoms with van der Waals surface area (Å²) < 4.78 is 1.08. The number of halogens is 1. The van der Waals surface area contributed by atoms with Gasteiger partial charge in [-0.15, -0.1) is 0 Å². The maximum Gasteiger partial charge on any atom is 0.240 e. The highest BCUT2D eigenvalue weighted by Crippen LogP contribution is 2.25. The Kier molecular flexibility index (Phi) is 2.48. The molecule has 4 heteroatoms. The van der Waals surface area contributed by atoms with Crippen LogP contribution in [0.15, 0.2) is 28.7 Å². The predicted octanol–water partition coefficient (Wildman–Crippen LogP) is 1.52. The van der Waals surface area contributed by atoms with Crippen LogP contribution in [-0.4, -0.2) is 29.4 Å². The molecule has 2 unspecified atom stereocenters. The Morgan fingerprint density at radius 1 is 1.44 bits per heavy atom. The van der Waals surface area contributed by atoms with E-state index in [9.17, 15) is 4.79 Å². The largest absolute Gasteiger partial charge is 0.335 e. The zero-order chi connectivity index (χ0) is 11.1. The van der Waals surface area contributed by atoms with Gasteiger partial charge >= 0.3 is 0 Å². The molecule has 3 aliphatic rings. The van der Waals surface area contributed by atoms with Gasteiger partial charge in [0.1, 0.15) is 0 Å². The lowest BCUT2D eigenvalue weighted by atomic mass is 9.90. The third kappa shape index (κ3) is 1.66. The van der Waals surface area contributed by atoms with Gasteiger partial charge < -0.3 is 10.2 Å². The second-order valence-corrected chi connectivity index (χ2v) is 5.32. The van der Waals surface area contributed by atoms with E-state index in [1.165, 1.54) is 5.56 Å². The van der Waals surface area contributed by atoms with Crippen LogP contribution >= 0.6 is 15.9 Å². The topological polar surface area (TPSA) is 32.3 Å². The summed E-state index contributed by atoms with van der Waals surface area (Å²) in [5.41, 5.74) is 1.18. The van der Waals surface area contributed by atoms with E-state index in [0.717, 1.165) is 24.0 Å². The Bertz CT molecular complexity index is 429.